The summed E-state index contributed by atoms with van der Waals surface area (Å²) >= 11 is 0. The molecule has 2 aromatic rings. The summed E-state index contributed by atoms with van der Waals surface area (Å²) in [5, 5.41) is 6.69. The summed E-state index contributed by atoms with van der Waals surface area (Å²) in [6.07, 6.45) is 2.70. The molecule has 2 N–H and O–H groups in total. The molecule has 32 heavy (non-hydrogen) atoms. The first-order valence-corrected chi connectivity index (χ1v) is 11.0. The maximum absolute atomic E-state index is 12.1. The van der Waals surface area contributed by atoms with Gasteiger partial charge in [0.25, 0.3) is 5.91 Å². The predicted molar refractivity (Wildman–Crippen MR) is 130 cm³/mol. The molecule has 174 valence electrons. The highest BCUT2D eigenvalue weighted by molar-refractivity contribution is 5.94. The predicted octanol–water partition coefficient (Wildman–Crippen LogP) is 3.14. The maximum atomic E-state index is 12.1. The van der Waals surface area contributed by atoms with E-state index in [9.17, 15) is 4.79 Å². The Morgan fingerprint density at radius 3 is 2.44 bits per heavy atom. The summed E-state index contributed by atoms with van der Waals surface area (Å²) in [6.45, 7) is 4.12. The Balaban J connectivity index is 1.75. The fourth-order valence-electron chi connectivity index (χ4n) is 3.31. The fourth-order valence-corrected chi connectivity index (χ4v) is 3.31. The van der Waals surface area contributed by atoms with E-state index in [1.165, 1.54) is 5.56 Å². The molecule has 0 aliphatic heterocycles. The Morgan fingerprint density at radius 1 is 1.00 bits per heavy atom. The number of nitrogens with zero attached hydrogens (tertiary/aromatic N) is 2. The topological polar surface area (TPSA) is 75.2 Å². The smallest absolute Gasteiger partial charge is 0.253 e. The van der Waals surface area contributed by atoms with Gasteiger partial charge in [0.1, 0.15) is 0 Å². The van der Waals surface area contributed by atoms with Gasteiger partial charge >= 0.3 is 0 Å². The van der Waals surface area contributed by atoms with Gasteiger partial charge in [0.15, 0.2) is 17.5 Å². The van der Waals surface area contributed by atoms with Gasteiger partial charge in [-0.1, -0.05) is 18.2 Å². The third-order valence-electron chi connectivity index (χ3n) is 4.97. The molecule has 0 aliphatic rings. The zero-order valence-corrected chi connectivity index (χ0v) is 19.9. The van der Waals surface area contributed by atoms with Crippen LogP contribution in [-0.4, -0.2) is 64.7 Å². The van der Waals surface area contributed by atoms with E-state index < -0.39 is 0 Å². The van der Waals surface area contributed by atoms with Crippen LogP contribution in [0.3, 0.4) is 0 Å². The lowest BCUT2D eigenvalue weighted by atomic mass is 10.1. The van der Waals surface area contributed by atoms with Crippen molar-refractivity contribution in [3.63, 3.8) is 0 Å². The number of nitrogens with one attached hydrogen (secondary N) is 2. The lowest BCUT2D eigenvalue weighted by Gasteiger charge is -2.14. The molecule has 7 heteroatoms. The second-order valence-electron chi connectivity index (χ2n) is 7.60. The Morgan fingerprint density at radius 2 is 1.75 bits per heavy atom. The number of methoxy groups -OCH3 is 1. The van der Waals surface area contributed by atoms with Crippen LogP contribution >= 0.6 is 0 Å². The van der Waals surface area contributed by atoms with Gasteiger partial charge in [0.05, 0.1) is 13.7 Å². The summed E-state index contributed by atoms with van der Waals surface area (Å²) in [4.78, 5) is 18.0. The number of carbonyl (C=O) groups excluding carboxylic acids is 1. The Labute approximate surface area is 191 Å². The van der Waals surface area contributed by atoms with Gasteiger partial charge in [-0.2, -0.15) is 0 Å². The van der Waals surface area contributed by atoms with Gasteiger partial charge in [-0.25, -0.2) is 0 Å². The van der Waals surface area contributed by atoms with Gasteiger partial charge in [-0.15, -0.1) is 0 Å². The average Bonchev–Trinajstić information content (AvgIpc) is 2.80. The van der Waals surface area contributed by atoms with Crippen LogP contribution in [0.25, 0.3) is 0 Å². The van der Waals surface area contributed by atoms with Gasteiger partial charge in [0, 0.05) is 39.8 Å². The molecule has 2 rings (SSSR count). The van der Waals surface area contributed by atoms with Crippen LogP contribution in [0.1, 0.15) is 34.8 Å². The molecule has 0 spiro atoms. The highest BCUT2D eigenvalue weighted by Crippen LogP contribution is 2.28. The molecule has 0 aromatic heterocycles. The third-order valence-corrected chi connectivity index (χ3v) is 4.97. The van der Waals surface area contributed by atoms with Crippen molar-refractivity contribution in [2.75, 3.05) is 47.9 Å². The number of hydrogen-bond donors (Lipinski definition) is 2. The second-order valence-corrected chi connectivity index (χ2v) is 7.60. The van der Waals surface area contributed by atoms with Crippen molar-refractivity contribution in [3.05, 3.63) is 59.2 Å². The van der Waals surface area contributed by atoms with Crippen LogP contribution in [-0.2, 0) is 12.8 Å². The molecule has 0 aliphatic carbocycles. The third kappa shape index (κ3) is 7.80. The van der Waals surface area contributed by atoms with E-state index >= 15 is 0 Å². The summed E-state index contributed by atoms with van der Waals surface area (Å²) in [5.74, 6) is 2.34. The lowest BCUT2D eigenvalue weighted by molar-refractivity contribution is 0.0827. The number of guanidine groups is 1. The van der Waals surface area contributed by atoms with Crippen LogP contribution in [0.5, 0.6) is 11.5 Å². The van der Waals surface area contributed by atoms with Crippen LogP contribution in [0, 0.1) is 0 Å². The Bertz CT molecular complexity index is 897. The summed E-state index contributed by atoms with van der Waals surface area (Å²) < 4.78 is 11.0. The Kier molecular flexibility index (Phi) is 10.4. The van der Waals surface area contributed by atoms with Gasteiger partial charge in [-0.3, -0.25) is 9.79 Å². The van der Waals surface area contributed by atoms with Crippen molar-refractivity contribution < 1.29 is 14.3 Å². The molecule has 0 saturated heterocycles. The first-order chi connectivity index (χ1) is 15.5. The number of aliphatic imine (C=N–C) groups is 1. The molecule has 0 bridgehead atoms. The van der Waals surface area contributed by atoms with Gasteiger partial charge in [-0.05, 0) is 61.6 Å². The molecular formula is C25H36N4O3. The van der Waals surface area contributed by atoms with Crippen molar-refractivity contribution in [2.24, 2.45) is 4.99 Å². The van der Waals surface area contributed by atoms with Gasteiger partial charge in [0.2, 0.25) is 0 Å². The van der Waals surface area contributed by atoms with E-state index in [0.29, 0.717) is 12.2 Å². The van der Waals surface area contributed by atoms with Crippen LogP contribution < -0.4 is 20.1 Å². The largest absolute Gasteiger partial charge is 0.493 e. The maximum Gasteiger partial charge on any atom is 0.253 e. The zero-order valence-electron chi connectivity index (χ0n) is 19.9. The highest BCUT2D eigenvalue weighted by atomic mass is 16.5. The minimum absolute atomic E-state index is 0.0162. The van der Waals surface area contributed by atoms with Crippen molar-refractivity contribution in [2.45, 2.75) is 26.2 Å². The van der Waals surface area contributed by atoms with E-state index in [2.05, 4.69) is 21.7 Å². The summed E-state index contributed by atoms with van der Waals surface area (Å²) in [6, 6.07) is 13.8. The van der Waals surface area contributed by atoms with Crippen LogP contribution in [0.15, 0.2) is 47.5 Å². The number of rotatable bonds is 11. The van der Waals surface area contributed by atoms with Crippen LogP contribution in [0.4, 0.5) is 0 Å². The van der Waals surface area contributed by atoms with E-state index in [4.69, 9.17) is 9.47 Å². The van der Waals surface area contributed by atoms with E-state index in [-0.39, 0.29) is 5.91 Å². The average molecular weight is 441 g/mol. The van der Waals surface area contributed by atoms with E-state index in [1.807, 2.05) is 43.3 Å². The first-order valence-electron chi connectivity index (χ1n) is 11.0. The number of ether oxygens (including phenoxy) is 2. The monoisotopic (exact) mass is 440 g/mol. The molecule has 7 nitrogen and oxygen atoms in total. The zero-order chi connectivity index (χ0) is 23.3. The molecular weight excluding hydrogens is 404 g/mol. The highest BCUT2D eigenvalue weighted by Gasteiger charge is 2.08. The van der Waals surface area contributed by atoms with Crippen LogP contribution in [0.2, 0.25) is 0 Å². The lowest BCUT2D eigenvalue weighted by Crippen LogP contribution is -2.38. The van der Waals surface area contributed by atoms with Crippen molar-refractivity contribution in [1.82, 2.24) is 15.5 Å². The molecule has 0 heterocycles. The molecule has 0 unspecified atom stereocenters. The van der Waals surface area contributed by atoms with E-state index in [0.717, 1.165) is 55.4 Å². The number of benzene rings is 2. The number of amides is 1. The summed E-state index contributed by atoms with van der Waals surface area (Å²) in [7, 11) is 6.95. The standard InChI is InChI=1S/C25H36N4O3/c1-6-32-23-18-19(12-13-22(23)31-5)10-8-15-27-25(26-2)28-16-14-20-9-7-11-21(17-20)24(30)29(3)4/h7,9,11-13,17-18H,6,8,10,14-16H2,1-5H3,(H2,26,27,28). The number of aryl methyl sites for hydroxylation is 1. The molecule has 0 radical (unpaired) electrons. The number of carbonyl (C=O) groups is 1. The second kappa shape index (κ2) is 13.2. The van der Waals surface area contributed by atoms with Crippen molar-refractivity contribution in [1.29, 1.82) is 0 Å². The number of hydrogen-bond acceptors (Lipinski definition) is 4. The quantitative estimate of drug-likeness (QED) is 0.319. The van der Waals surface area contributed by atoms with E-state index in [1.54, 1.807) is 33.2 Å². The molecule has 2 aromatic carbocycles. The van der Waals surface area contributed by atoms with Gasteiger partial charge < -0.3 is 25.0 Å². The van der Waals surface area contributed by atoms with Crippen molar-refractivity contribution in [3.8, 4) is 11.5 Å². The summed E-state index contributed by atoms with van der Waals surface area (Å²) in [5.41, 5.74) is 3.04. The normalized spacial score (nSPS) is 11.1. The minimum atomic E-state index is 0.0162. The molecule has 1 amide bonds. The fraction of sp³-hybridized carbons (Fsp3) is 0.440. The SMILES string of the molecule is CCOc1cc(CCCNC(=NC)NCCc2cccc(C(=O)N(C)C)c2)ccc1OC. The minimum Gasteiger partial charge on any atom is -0.493 e. The molecule has 0 atom stereocenters. The Hall–Kier alpha value is -3.22. The molecule has 0 fully saturated rings. The molecule has 0 saturated carbocycles. The first kappa shape index (κ1) is 25.0. The van der Waals surface area contributed by atoms with Crippen molar-refractivity contribution >= 4 is 11.9 Å².